The Balaban J connectivity index is 1.69. The summed E-state index contributed by atoms with van der Waals surface area (Å²) in [6, 6.07) is 2.14. The van der Waals surface area contributed by atoms with E-state index in [-0.39, 0.29) is 11.9 Å². The number of ether oxygens (including phenoxy) is 1. The minimum Gasteiger partial charge on any atom is -0.474 e. The Labute approximate surface area is 119 Å². The van der Waals surface area contributed by atoms with Crippen molar-refractivity contribution in [2.75, 3.05) is 0 Å². The second-order valence-corrected chi connectivity index (χ2v) is 6.19. The number of aromatic nitrogens is 1. The van der Waals surface area contributed by atoms with E-state index in [1.165, 1.54) is 38.3 Å². The van der Waals surface area contributed by atoms with E-state index in [4.69, 9.17) is 4.74 Å². The third-order valence-corrected chi connectivity index (χ3v) is 4.35. The summed E-state index contributed by atoms with van der Waals surface area (Å²) in [5.74, 6) is 0.875. The summed E-state index contributed by atoms with van der Waals surface area (Å²) in [7, 11) is 0. The van der Waals surface area contributed by atoms with Gasteiger partial charge in [0.15, 0.2) is 0 Å². The average Bonchev–Trinajstić information content (AvgIpc) is 3.25. The summed E-state index contributed by atoms with van der Waals surface area (Å²) in [4.78, 5) is 4.17. The van der Waals surface area contributed by atoms with Crippen LogP contribution in [-0.2, 0) is 6.54 Å². The fourth-order valence-corrected chi connectivity index (χ4v) is 2.84. The van der Waals surface area contributed by atoms with E-state index in [0.29, 0.717) is 24.4 Å². The highest BCUT2D eigenvalue weighted by atomic mass is 19.1. The van der Waals surface area contributed by atoms with E-state index in [9.17, 15) is 4.39 Å². The van der Waals surface area contributed by atoms with Gasteiger partial charge < -0.3 is 10.1 Å². The highest BCUT2D eigenvalue weighted by Crippen LogP contribution is 2.29. The van der Waals surface area contributed by atoms with Crippen LogP contribution in [0, 0.1) is 11.7 Å². The quantitative estimate of drug-likeness (QED) is 0.896. The molecule has 1 N–H and O–H groups in total. The summed E-state index contributed by atoms with van der Waals surface area (Å²) < 4.78 is 19.5. The van der Waals surface area contributed by atoms with Crippen molar-refractivity contribution < 1.29 is 9.13 Å². The van der Waals surface area contributed by atoms with Crippen molar-refractivity contribution >= 4 is 0 Å². The molecule has 2 unspecified atom stereocenters. The van der Waals surface area contributed by atoms with Crippen molar-refractivity contribution in [1.29, 1.82) is 0 Å². The van der Waals surface area contributed by atoms with E-state index in [1.807, 2.05) is 0 Å². The lowest BCUT2D eigenvalue weighted by molar-refractivity contribution is 0.0961. The molecule has 2 aliphatic carbocycles. The van der Waals surface area contributed by atoms with Crippen LogP contribution in [0.5, 0.6) is 5.88 Å². The number of nitrogens with one attached hydrogen (secondary N) is 1. The van der Waals surface area contributed by atoms with Gasteiger partial charge in [0.2, 0.25) is 5.88 Å². The van der Waals surface area contributed by atoms with Crippen LogP contribution >= 0.6 is 0 Å². The molecule has 0 radical (unpaired) electrons. The largest absolute Gasteiger partial charge is 0.474 e. The highest BCUT2D eigenvalue weighted by molar-refractivity contribution is 5.26. The second-order valence-electron chi connectivity index (χ2n) is 6.19. The maximum Gasteiger partial charge on any atom is 0.218 e. The summed E-state index contributed by atoms with van der Waals surface area (Å²) in [6.45, 7) is 2.88. The van der Waals surface area contributed by atoms with Gasteiger partial charge in [-0.25, -0.2) is 9.37 Å². The number of hydrogen-bond acceptors (Lipinski definition) is 3. The van der Waals surface area contributed by atoms with Gasteiger partial charge in [-0.3, -0.25) is 0 Å². The van der Waals surface area contributed by atoms with E-state index in [0.717, 1.165) is 12.0 Å². The molecule has 2 aliphatic rings. The molecule has 2 fully saturated rings. The molecule has 1 aromatic rings. The Morgan fingerprint density at radius 2 is 2.10 bits per heavy atom. The first kappa shape index (κ1) is 13.8. The predicted octanol–water partition coefficient (Wildman–Crippen LogP) is 3.43. The molecule has 1 heterocycles. The van der Waals surface area contributed by atoms with Crippen molar-refractivity contribution in [1.82, 2.24) is 10.3 Å². The molecule has 4 heteroatoms. The van der Waals surface area contributed by atoms with Crippen molar-refractivity contribution in [3.8, 4) is 5.88 Å². The molecule has 0 spiro atoms. The minimum atomic E-state index is -0.290. The van der Waals surface area contributed by atoms with Crippen LogP contribution in [0.2, 0.25) is 0 Å². The smallest absolute Gasteiger partial charge is 0.218 e. The average molecular weight is 278 g/mol. The van der Waals surface area contributed by atoms with Gasteiger partial charge in [-0.1, -0.05) is 13.3 Å². The van der Waals surface area contributed by atoms with Gasteiger partial charge in [-0.2, -0.15) is 0 Å². The maximum atomic E-state index is 13.4. The normalized spacial score (nSPS) is 26.5. The van der Waals surface area contributed by atoms with Gasteiger partial charge in [-0.15, -0.1) is 0 Å². The van der Waals surface area contributed by atoms with Crippen LogP contribution in [0.15, 0.2) is 12.3 Å². The van der Waals surface area contributed by atoms with Gasteiger partial charge in [0, 0.05) is 18.2 Å². The van der Waals surface area contributed by atoms with Gasteiger partial charge in [0.05, 0.1) is 6.20 Å². The minimum absolute atomic E-state index is 0.224. The zero-order valence-electron chi connectivity index (χ0n) is 12.1. The fourth-order valence-electron chi connectivity index (χ4n) is 2.84. The van der Waals surface area contributed by atoms with E-state index in [1.54, 1.807) is 6.07 Å². The van der Waals surface area contributed by atoms with Crippen LogP contribution in [0.3, 0.4) is 0 Å². The summed E-state index contributed by atoms with van der Waals surface area (Å²) in [5.41, 5.74) is 0.842. The van der Waals surface area contributed by atoms with Crippen LogP contribution in [0.1, 0.15) is 51.0 Å². The van der Waals surface area contributed by atoms with Gasteiger partial charge in [-0.05, 0) is 44.1 Å². The topological polar surface area (TPSA) is 34.1 Å². The fraction of sp³-hybridized carbons (Fsp3) is 0.688. The second kappa shape index (κ2) is 6.08. The predicted molar refractivity (Wildman–Crippen MR) is 76.1 cm³/mol. The first-order valence-electron chi connectivity index (χ1n) is 7.77. The molecular formula is C16H23FN2O. The van der Waals surface area contributed by atoms with Crippen LogP contribution < -0.4 is 10.1 Å². The Hall–Kier alpha value is -1.16. The molecule has 0 aromatic carbocycles. The molecule has 0 amide bonds. The Morgan fingerprint density at radius 3 is 2.85 bits per heavy atom. The molecule has 20 heavy (non-hydrogen) atoms. The highest BCUT2D eigenvalue weighted by Gasteiger charge is 2.25. The summed E-state index contributed by atoms with van der Waals surface area (Å²) in [6.07, 6.45) is 8.71. The molecule has 3 rings (SSSR count). The van der Waals surface area contributed by atoms with E-state index >= 15 is 0 Å². The first-order chi connectivity index (χ1) is 9.72. The summed E-state index contributed by atoms with van der Waals surface area (Å²) in [5, 5.41) is 3.40. The molecule has 2 atom stereocenters. The lowest BCUT2D eigenvalue weighted by atomic mass is 9.88. The van der Waals surface area contributed by atoms with Gasteiger partial charge in [0.25, 0.3) is 0 Å². The van der Waals surface area contributed by atoms with Gasteiger partial charge >= 0.3 is 0 Å². The molecular weight excluding hydrogens is 255 g/mol. The molecule has 2 saturated carbocycles. The lowest BCUT2D eigenvalue weighted by Gasteiger charge is -2.29. The third kappa shape index (κ3) is 3.48. The lowest BCUT2D eigenvalue weighted by Crippen LogP contribution is -2.29. The van der Waals surface area contributed by atoms with Crippen molar-refractivity contribution in [3.05, 3.63) is 23.6 Å². The van der Waals surface area contributed by atoms with Gasteiger partial charge in [0.1, 0.15) is 11.9 Å². The van der Waals surface area contributed by atoms with Crippen LogP contribution in [-0.4, -0.2) is 17.1 Å². The third-order valence-electron chi connectivity index (χ3n) is 4.35. The molecule has 0 aliphatic heterocycles. The zero-order valence-corrected chi connectivity index (χ0v) is 12.1. The van der Waals surface area contributed by atoms with E-state index in [2.05, 4.69) is 17.2 Å². The number of pyridine rings is 1. The number of halogens is 1. The van der Waals surface area contributed by atoms with Crippen LogP contribution in [0.25, 0.3) is 0 Å². The standard InChI is InChI=1S/C16H23FN2O/c1-11-4-2-3-5-15(11)20-16-12(8-13(17)10-19-16)9-18-14-6-7-14/h8,10-11,14-15,18H,2-7,9H2,1H3. The number of rotatable bonds is 5. The van der Waals surface area contributed by atoms with E-state index < -0.39 is 0 Å². The Morgan fingerprint density at radius 1 is 1.30 bits per heavy atom. The monoisotopic (exact) mass is 278 g/mol. The molecule has 0 saturated heterocycles. The SMILES string of the molecule is CC1CCCCC1Oc1ncc(F)cc1CNC1CC1. The Kier molecular flexibility index (Phi) is 4.20. The molecule has 110 valence electrons. The number of nitrogens with zero attached hydrogens (tertiary/aromatic N) is 1. The molecule has 0 bridgehead atoms. The molecule has 3 nitrogen and oxygen atoms in total. The van der Waals surface area contributed by atoms with Crippen LogP contribution in [0.4, 0.5) is 4.39 Å². The van der Waals surface area contributed by atoms with Crippen molar-refractivity contribution in [2.24, 2.45) is 5.92 Å². The zero-order chi connectivity index (χ0) is 13.9. The molecule has 1 aromatic heterocycles. The first-order valence-corrected chi connectivity index (χ1v) is 7.77. The maximum absolute atomic E-state index is 13.4. The van der Waals surface area contributed by atoms with Crippen molar-refractivity contribution in [3.63, 3.8) is 0 Å². The summed E-state index contributed by atoms with van der Waals surface area (Å²) >= 11 is 0. The van der Waals surface area contributed by atoms with Crippen molar-refractivity contribution in [2.45, 2.75) is 64.1 Å². The Bertz CT molecular complexity index is 462. The number of hydrogen-bond donors (Lipinski definition) is 1.